The molecule has 1 aliphatic carbocycles. The molecule has 4 nitrogen and oxygen atoms in total. The van der Waals surface area contributed by atoms with Gasteiger partial charge < -0.3 is 9.84 Å². The summed E-state index contributed by atoms with van der Waals surface area (Å²) in [7, 11) is 0. The summed E-state index contributed by atoms with van der Waals surface area (Å²) < 4.78 is 6.08. The number of carbonyl (C=O) groups is 1. The van der Waals surface area contributed by atoms with Gasteiger partial charge >= 0.3 is 5.97 Å². The van der Waals surface area contributed by atoms with E-state index in [1.807, 2.05) is 52.0 Å². The minimum Gasteiger partial charge on any atom is -0.479 e. The number of aromatic nitrogens is 1. The third-order valence-corrected chi connectivity index (χ3v) is 6.45. The third-order valence-electron chi connectivity index (χ3n) is 6.45. The topological polar surface area (TPSA) is 59.4 Å². The Labute approximate surface area is 190 Å². The summed E-state index contributed by atoms with van der Waals surface area (Å²) in [5, 5.41) is 11.1. The minimum absolute atomic E-state index is 0.157. The van der Waals surface area contributed by atoms with Gasteiger partial charge in [-0.25, -0.2) is 4.79 Å². The smallest absolute Gasteiger partial charge is 0.337 e. The Balaban J connectivity index is 2.02. The van der Waals surface area contributed by atoms with Crippen molar-refractivity contribution in [1.29, 1.82) is 0 Å². The van der Waals surface area contributed by atoms with Gasteiger partial charge in [-0.15, -0.1) is 0 Å². The molecular formula is C28H33NO3. The number of carboxylic acid groups (broad SMARTS) is 1. The summed E-state index contributed by atoms with van der Waals surface area (Å²) in [4.78, 5) is 17.2. The summed E-state index contributed by atoms with van der Waals surface area (Å²) in [5.74, 6) is -1.000. The number of ether oxygens (including phenoxy) is 1. The summed E-state index contributed by atoms with van der Waals surface area (Å²) in [6.07, 6.45) is 2.29. The van der Waals surface area contributed by atoms with Gasteiger partial charge in [0.15, 0.2) is 6.10 Å². The molecule has 32 heavy (non-hydrogen) atoms. The SMILES string of the molecule is Cc1nc2ccccc2c(-c2ccc3c(c2)CCCC3(C)C)c1[C@H](OC(C)(C)C)C(=O)O. The minimum atomic E-state index is -1.10. The van der Waals surface area contributed by atoms with E-state index in [-0.39, 0.29) is 5.41 Å². The Morgan fingerprint density at radius 1 is 1.16 bits per heavy atom. The van der Waals surface area contributed by atoms with Crippen LogP contribution in [-0.4, -0.2) is 21.7 Å². The van der Waals surface area contributed by atoms with E-state index in [2.05, 4.69) is 32.0 Å². The van der Waals surface area contributed by atoms with Gasteiger partial charge in [-0.2, -0.15) is 0 Å². The Kier molecular flexibility index (Phi) is 5.62. The van der Waals surface area contributed by atoms with Gasteiger partial charge in [-0.05, 0) is 80.7 Å². The zero-order valence-corrected chi connectivity index (χ0v) is 20.0. The Morgan fingerprint density at radius 2 is 1.88 bits per heavy atom. The fraction of sp³-hybridized carbons (Fsp3) is 0.429. The lowest BCUT2D eigenvalue weighted by Crippen LogP contribution is -2.28. The van der Waals surface area contributed by atoms with E-state index < -0.39 is 17.7 Å². The van der Waals surface area contributed by atoms with Crippen molar-refractivity contribution in [3.8, 4) is 11.1 Å². The van der Waals surface area contributed by atoms with Crippen LogP contribution in [0, 0.1) is 6.92 Å². The number of rotatable bonds is 4. The van der Waals surface area contributed by atoms with Crippen LogP contribution >= 0.6 is 0 Å². The van der Waals surface area contributed by atoms with Crippen molar-refractivity contribution >= 4 is 16.9 Å². The van der Waals surface area contributed by atoms with Gasteiger partial charge in [0.05, 0.1) is 11.1 Å². The second kappa shape index (κ2) is 8.00. The molecule has 1 atom stereocenters. The normalized spacial score (nSPS) is 16.6. The Morgan fingerprint density at radius 3 is 2.56 bits per heavy atom. The molecule has 1 heterocycles. The molecule has 4 rings (SSSR count). The van der Waals surface area contributed by atoms with Crippen molar-refractivity contribution in [3.05, 3.63) is 64.8 Å². The molecule has 1 N–H and O–H groups in total. The molecule has 0 aliphatic heterocycles. The molecule has 2 aromatic carbocycles. The van der Waals surface area contributed by atoms with E-state index in [1.54, 1.807) is 0 Å². The first-order valence-corrected chi connectivity index (χ1v) is 11.4. The highest BCUT2D eigenvalue weighted by molar-refractivity contribution is 5.98. The monoisotopic (exact) mass is 431 g/mol. The standard InChI is InChI=1S/C28H33NO3/c1-17-23(25(26(30)31)32-27(2,3)4)24(20-11-7-8-12-22(20)29-17)19-13-14-21-18(16-19)10-9-15-28(21,5)6/h7-8,11-14,16,25H,9-10,15H2,1-6H3,(H,30,31)/t25-/m0/s1. The molecule has 0 unspecified atom stereocenters. The molecule has 168 valence electrons. The predicted octanol–water partition coefficient (Wildman–Crippen LogP) is 6.76. The number of aryl methyl sites for hydroxylation is 2. The zero-order chi connectivity index (χ0) is 23.3. The largest absolute Gasteiger partial charge is 0.479 e. The second-order valence-corrected chi connectivity index (χ2v) is 10.6. The van der Waals surface area contributed by atoms with Crippen LogP contribution in [0.2, 0.25) is 0 Å². The number of hydrogen-bond acceptors (Lipinski definition) is 3. The molecule has 4 heteroatoms. The summed E-state index contributed by atoms with van der Waals surface area (Å²) in [5.41, 5.74) is 6.42. The van der Waals surface area contributed by atoms with Crippen molar-refractivity contribution in [2.24, 2.45) is 0 Å². The van der Waals surface area contributed by atoms with Crippen LogP contribution in [0.25, 0.3) is 22.0 Å². The van der Waals surface area contributed by atoms with E-state index >= 15 is 0 Å². The van der Waals surface area contributed by atoms with Crippen LogP contribution in [0.5, 0.6) is 0 Å². The number of benzene rings is 2. The first-order valence-electron chi connectivity index (χ1n) is 11.4. The van der Waals surface area contributed by atoms with Gasteiger partial charge in [-0.1, -0.05) is 50.2 Å². The molecule has 0 fully saturated rings. The predicted molar refractivity (Wildman–Crippen MR) is 129 cm³/mol. The first kappa shape index (κ1) is 22.5. The number of para-hydroxylation sites is 1. The fourth-order valence-corrected chi connectivity index (χ4v) is 5.04. The number of pyridine rings is 1. The average molecular weight is 432 g/mol. The average Bonchev–Trinajstić information content (AvgIpc) is 2.70. The van der Waals surface area contributed by atoms with Crippen LogP contribution < -0.4 is 0 Å². The highest BCUT2D eigenvalue weighted by Crippen LogP contribution is 2.43. The van der Waals surface area contributed by atoms with Gasteiger partial charge in [0.2, 0.25) is 0 Å². The van der Waals surface area contributed by atoms with E-state index in [1.165, 1.54) is 17.5 Å². The number of hydrogen-bond donors (Lipinski definition) is 1. The van der Waals surface area contributed by atoms with Crippen LogP contribution in [0.1, 0.15) is 75.9 Å². The van der Waals surface area contributed by atoms with Crippen molar-refractivity contribution < 1.29 is 14.6 Å². The van der Waals surface area contributed by atoms with E-state index in [0.717, 1.165) is 34.9 Å². The maximum atomic E-state index is 12.4. The van der Waals surface area contributed by atoms with Crippen LogP contribution in [0.4, 0.5) is 0 Å². The molecule has 1 aromatic heterocycles. The highest BCUT2D eigenvalue weighted by atomic mass is 16.5. The molecule has 1 aliphatic rings. The summed E-state index contributed by atoms with van der Waals surface area (Å²) >= 11 is 0. The first-order chi connectivity index (χ1) is 15.0. The highest BCUT2D eigenvalue weighted by Gasteiger charge is 2.33. The lowest BCUT2D eigenvalue weighted by molar-refractivity contribution is -0.160. The van der Waals surface area contributed by atoms with Crippen LogP contribution in [0.15, 0.2) is 42.5 Å². The van der Waals surface area contributed by atoms with E-state index in [0.29, 0.717) is 11.3 Å². The lowest BCUT2D eigenvalue weighted by atomic mass is 9.72. The van der Waals surface area contributed by atoms with Gasteiger partial charge in [0.1, 0.15) is 0 Å². The molecule has 0 saturated carbocycles. The molecule has 0 spiro atoms. The molecule has 0 bridgehead atoms. The van der Waals surface area contributed by atoms with E-state index in [4.69, 9.17) is 9.72 Å². The van der Waals surface area contributed by atoms with Crippen molar-refractivity contribution in [2.45, 2.75) is 77.9 Å². The molecular weight excluding hydrogens is 398 g/mol. The van der Waals surface area contributed by atoms with Crippen LogP contribution in [0.3, 0.4) is 0 Å². The van der Waals surface area contributed by atoms with Crippen molar-refractivity contribution in [2.75, 3.05) is 0 Å². The third kappa shape index (κ3) is 4.16. The van der Waals surface area contributed by atoms with Gasteiger partial charge in [-0.3, -0.25) is 4.98 Å². The molecule has 0 saturated heterocycles. The summed E-state index contributed by atoms with van der Waals surface area (Å²) in [6, 6.07) is 14.6. The molecule has 3 aromatic rings. The number of fused-ring (bicyclic) bond motifs is 2. The Hall–Kier alpha value is -2.72. The maximum Gasteiger partial charge on any atom is 0.337 e. The second-order valence-electron chi connectivity index (χ2n) is 10.6. The van der Waals surface area contributed by atoms with Crippen molar-refractivity contribution in [1.82, 2.24) is 4.98 Å². The van der Waals surface area contributed by atoms with Crippen LogP contribution in [-0.2, 0) is 21.4 Å². The fourth-order valence-electron chi connectivity index (χ4n) is 5.04. The number of nitrogens with zero attached hydrogens (tertiary/aromatic N) is 1. The zero-order valence-electron chi connectivity index (χ0n) is 20.0. The van der Waals surface area contributed by atoms with E-state index in [9.17, 15) is 9.90 Å². The molecule has 0 radical (unpaired) electrons. The van der Waals surface area contributed by atoms with Gasteiger partial charge in [0, 0.05) is 16.6 Å². The number of aliphatic carboxylic acids is 1. The maximum absolute atomic E-state index is 12.4. The quantitative estimate of drug-likeness (QED) is 0.495. The molecule has 0 amide bonds. The number of carboxylic acids is 1. The Bertz CT molecular complexity index is 1190. The van der Waals surface area contributed by atoms with Crippen molar-refractivity contribution in [3.63, 3.8) is 0 Å². The van der Waals surface area contributed by atoms with Gasteiger partial charge in [0.25, 0.3) is 0 Å². The lowest BCUT2D eigenvalue weighted by Gasteiger charge is -2.33. The summed E-state index contributed by atoms with van der Waals surface area (Å²) in [6.45, 7) is 12.1.